The molecule has 1 unspecified atom stereocenters. The van der Waals surface area contributed by atoms with Crippen LogP contribution in [0.25, 0.3) is 10.9 Å². The van der Waals surface area contributed by atoms with Gasteiger partial charge in [0.2, 0.25) is 5.91 Å². The zero-order valence-electron chi connectivity index (χ0n) is 28.2. The third-order valence-electron chi connectivity index (χ3n) is 8.55. The van der Waals surface area contributed by atoms with Gasteiger partial charge in [0.15, 0.2) is 11.5 Å². The number of nitrogens with one attached hydrogen (secondary N) is 3. The van der Waals surface area contributed by atoms with E-state index in [9.17, 15) is 14.0 Å². The second-order valence-corrected chi connectivity index (χ2v) is 12.6. The SMILES string of the molecule is COc1cc2ncnc(Nc3ccc(F)c(Cl)c3)c2cc1OCCCN1CCOCC1Cc1ccc(NC(=O)[C@@H](C)CCCNC(N)=O)cc1. The van der Waals surface area contributed by atoms with Gasteiger partial charge in [0, 0.05) is 54.4 Å². The number of nitrogens with zero attached hydrogens (tertiary/aromatic N) is 3. The zero-order chi connectivity index (χ0) is 35.5. The first-order chi connectivity index (χ1) is 24.2. The van der Waals surface area contributed by atoms with Crippen LogP contribution in [0, 0.1) is 11.7 Å². The lowest BCUT2D eigenvalue weighted by molar-refractivity contribution is -0.119. The lowest BCUT2D eigenvalue weighted by atomic mass is 10.0. The molecule has 1 aliphatic heterocycles. The van der Waals surface area contributed by atoms with Gasteiger partial charge in [0.05, 0.1) is 37.5 Å². The number of morpholine rings is 1. The molecule has 1 saturated heterocycles. The molecule has 5 N–H and O–H groups in total. The molecule has 3 amide bonds. The number of anilines is 3. The highest BCUT2D eigenvalue weighted by molar-refractivity contribution is 6.31. The van der Waals surface area contributed by atoms with Crippen molar-refractivity contribution in [1.82, 2.24) is 20.2 Å². The van der Waals surface area contributed by atoms with E-state index in [1.165, 1.54) is 18.5 Å². The minimum Gasteiger partial charge on any atom is -0.493 e. The third-order valence-corrected chi connectivity index (χ3v) is 8.84. The highest BCUT2D eigenvalue weighted by Crippen LogP contribution is 2.35. The number of halogens is 2. The van der Waals surface area contributed by atoms with Gasteiger partial charge in [-0.05, 0) is 67.6 Å². The van der Waals surface area contributed by atoms with Gasteiger partial charge >= 0.3 is 6.03 Å². The van der Waals surface area contributed by atoms with E-state index in [4.69, 9.17) is 31.5 Å². The van der Waals surface area contributed by atoms with E-state index in [0.717, 1.165) is 37.2 Å². The summed E-state index contributed by atoms with van der Waals surface area (Å²) in [7, 11) is 1.59. The van der Waals surface area contributed by atoms with Crippen LogP contribution < -0.4 is 31.2 Å². The lowest BCUT2D eigenvalue weighted by Gasteiger charge is -2.35. The topological polar surface area (TPSA) is 153 Å². The molecule has 266 valence electrons. The molecule has 0 bridgehead atoms. The van der Waals surface area contributed by atoms with Crippen molar-refractivity contribution in [2.75, 3.05) is 57.2 Å². The molecule has 2 atom stereocenters. The molecule has 14 heteroatoms. The summed E-state index contributed by atoms with van der Waals surface area (Å²) in [5, 5.41) is 9.44. The molecule has 12 nitrogen and oxygen atoms in total. The molecule has 1 aliphatic rings. The van der Waals surface area contributed by atoms with Crippen LogP contribution in [-0.4, -0.2) is 79.4 Å². The Bertz CT molecular complexity index is 1760. The number of hydrogen-bond donors (Lipinski definition) is 4. The molecule has 3 aromatic carbocycles. The van der Waals surface area contributed by atoms with Crippen LogP contribution in [0.1, 0.15) is 31.7 Å². The fourth-order valence-corrected chi connectivity index (χ4v) is 5.96. The third kappa shape index (κ3) is 10.2. The summed E-state index contributed by atoms with van der Waals surface area (Å²) in [6, 6.07) is 15.6. The number of carbonyl (C=O) groups is 2. The summed E-state index contributed by atoms with van der Waals surface area (Å²) < 4.78 is 31.4. The average molecular weight is 708 g/mol. The summed E-state index contributed by atoms with van der Waals surface area (Å²) in [6.07, 6.45) is 4.35. The molecule has 0 radical (unpaired) electrons. The normalized spacial score (nSPS) is 15.3. The molecule has 1 fully saturated rings. The van der Waals surface area contributed by atoms with Crippen LogP contribution >= 0.6 is 11.6 Å². The highest BCUT2D eigenvalue weighted by atomic mass is 35.5. The van der Waals surface area contributed by atoms with Crippen LogP contribution in [0.2, 0.25) is 5.02 Å². The zero-order valence-corrected chi connectivity index (χ0v) is 29.0. The van der Waals surface area contributed by atoms with Gasteiger partial charge < -0.3 is 35.9 Å². The number of rotatable bonds is 16. The maximum atomic E-state index is 13.7. The number of urea groups is 1. The molecular weight excluding hydrogens is 665 g/mol. The number of fused-ring (bicyclic) bond motifs is 1. The van der Waals surface area contributed by atoms with E-state index in [1.807, 2.05) is 37.3 Å². The van der Waals surface area contributed by atoms with E-state index in [1.54, 1.807) is 19.2 Å². The number of methoxy groups -OCH3 is 1. The molecule has 5 rings (SSSR count). The molecule has 4 aromatic rings. The number of hydrogen-bond acceptors (Lipinski definition) is 9. The van der Waals surface area contributed by atoms with Crippen molar-refractivity contribution in [3.05, 3.63) is 77.3 Å². The number of ether oxygens (including phenoxy) is 3. The standard InChI is InChI=1S/C36H43ClFN7O5/c1-23(5-3-12-40-36(39)47)35(46)44-25-8-6-24(7-9-25)17-27-21-49-16-14-45(27)13-4-15-50-33-19-28-31(20-32(33)48-2)41-22-42-34(28)43-26-10-11-30(38)29(37)18-26/h6-11,18-20,22-23,27H,3-5,12-17,21H2,1-2H3,(H,44,46)(H3,39,40,47)(H,41,42,43)/t23-,27?/m0/s1. The van der Waals surface area contributed by atoms with E-state index >= 15 is 0 Å². The fourth-order valence-electron chi connectivity index (χ4n) is 5.78. The highest BCUT2D eigenvalue weighted by Gasteiger charge is 2.23. The lowest BCUT2D eigenvalue weighted by Crippen LogP contribution is -2.47. The Morgan fingerprint density at radius 2 is 1.90 bits per heavy atom. The molecule has 0 spiro atoms. The number of amides is 3. The van der Waals surface area contributed by atoms with Crippen molar-refractivity contribution in [2.24, 2.45) is 11.7 Å². The molecule has 0 aliphatic carbocycles. The van der Waals surface area contributed by atoms with Gasteiger partial charge in [-0.2, -0.15) is 0 Å². The number of primary amides is 1. The summed E-state index contributed by atoms with van der Waals surface area (Å²) >= 11 is 5.97. The summed E-state index contributed by atoms with van der Waals surface area (Å²) in [4.78, 5) is 34.6. The van der Waals surface area contributed by atoms with Crippen LogP contribution in [0.4, 0.5) is 26.4 Å². The van der Waals surface area contributed by atoms with Gasteiger partial charge in [0.1, 0.15) is 18.0 Å². The van der Waals surface area contributed by atoms with Crippen LogP contribution in [0.3, 0.4) is 0 Å². The van der Waals surface area contributed by atoms with Gasteiger partial charge in [-0.15, -0.1) is 0 Å². The minimum absolute atomic E-state index is 0.0105. The predicted molar refractivity (Wildman–Crippen MR) is 192 cm³/mol. The number of benzene rings is 3. The van der Waals surface area contributed by atoms with E-state index in [0.29, 0.717) is 73.1 Å². The molecular formula is C36H43ClFN7O5. The largest absolute Gasteiger partial charge is 0.493 e. The molecule has 0 saturated carbocycles. The van der Waals surface area contributed by atoms with Gasteiger partial charge in [-0.3, -0.25) is 9.69 Å². The quantitative estimate of drug-likeness (QED) is 0.104. The molecule has 50 heavy (non-hydrogen) atoms. The van der Waals surface area contributed by atoms with Crippen molar-refractivity contribution in [2.45, 2.75) is 38.6 Å². The van der Waals surface area contributed by atoms with Crippen molar-refractivity contribution < 1.29 is 28.2 Å². The number of carbonyl (C=O) groups excluding carboxylic acids is 2. The Morgan fingerprint density at radius 3 is 2.66 bits per heavy atom. The Morgan fingerprint density at radius 1 is 1.10 bits per heavy atom. The Kier molecular flexibility index (Phi) is 13.0. The van der Waals surface area contributed by atoms with Gasteiger partial charge in [-0.1, -0.05) is 30.7 Å². The Labute approximate surface area is 295 Å². The molecule has 2 heterocycles. The van der Waals surface area contributed by atoms with Crippen LogP contribution in [-0.2, 0) is 16.0 Å². The maximum absolute atomic E-state index is 13.7. The van der Waals surface area contributed by atoms with Crippen LogP contribution in [0.5, 0.6) is 11.5 Å². The van der Waals surface area contributed by atoms with Crippen molar-refractivity contribution >= 4 is 51.6 Å². The Hall–Kier alpha value is -4.72. The Balaban J connectivity index is 1.13. The smallest absolute Gasteiger partial charge is 0.312 e. The van der Waals surface area contributed by atoms with Gasteiger partial charge in [0.25, 0.3) is 0 Å². The summed E-state index contributed by atoms with van der Waals surface area (Å²) in [5.74, 6) is 0.894. The second-order valence-electron chi connectivity index (χ2n) is 12.2. The first-order valence-corrected chi connectivity index (χ1v) is 17.0. The monoisotopic (exact) mass is 707 g/mol. The maximum Gasteiger partial charge on any atom is 0.312 e. The van der Waals surface area contributed by atoms with Crippen molar-refractivity contribution in [1.29, 1.82) is 0 Å². The van der Waals surface area contributed by atoms with Gasteiger partial charge in [-0.25, -0.2) is 19.2 Å². The predicted octanol–water partition coefficient (Wildman–Crippen LogP) is 5.91. The second kappa shape index (κ2) is 17.8. The van der Waals surface area contributed by atoms with Crippen molar-refractivity contribution in [3.63, 3.8) is 0 Å². The minimum atomic E-state index is -0.561. The summed E-state index contributed by atoms with van der Waals surface area (Å²) in [5.41, 5.74) is 8.23. The van der Waals surface area contributed by atoms with Crippen LogP contribution in [0.15, 0.2) is 60.9 Å². The number of aromatic nitrogens is 2. The molecule has 1 aromatic heterocycles. The number of nitrogens with two attached hydrogens (primary N) is 1. The fraction of sp³-hybridized carbons (Fsp3) is 0.389. The summed E-state index contributed by atoms with van der Waals surface area (Å²) in [6.45, 7) is 5.73. The first-order valence-electron chi connectivity index (χ1n) is 16.6. The average Bonchev–Trinajstić information content (AvgIpc) is 3.11. The van der Waals surface area contributed by atoms with E-state index in [2.05, 4.69) is 30.8 Å². The van der Waals surface area contributed by atoms with E-state index < -0.39 is 11.8 Å². The first kappa shape index (κ1) is 36.6. The van der Waals surface area contributed by atoms with Crippen molar-refractivity contribution in [3.8, 4) is 11.5 Å². The van der Waals surface area contributed by atoms with E-state index in [-0.39, 0.29) is 22.9 Å².